The Hall–Kier alpha value is -0.410. The van der Waals surface area contributed by atoms with Gasteiger partial charge < -0.3 is 11.5 Å². The topological polar surface area (TPSA) is 69.1 Å². The van der Waals surface area contributed by atoms with Gasteiger partial charge in [0.2, 0.25) is 0 Å². The van der Waals surface area contributed by atoms with Crippen molar-refractivity contribution in [3.63, 3.8) is 0 Å². The molecule has 0 aliphatic heterocycles. The minimum absolute atomic E-state index is 0.00926. The largest absolute Gasteiger partial charge is 0.327 e. The molecule has 10 heavy (non-hydrogen) atoms. The molecule has 0 radical (unpaired) electrons. The van der Waals surface area contributed by atoms with Gasteiger partial charge >= 0.3 is 0 Å². The number of carbonyl (C=O) groups excluding carboxylic acids is 1. The third-order valence-corrected chi connectivity index (χ3v) is 2.77. The molecule has 0 spiro atoms. The summed E-state index contributed by atoms with van der Waals surface area (Å²) in [5.41, 5.74) is 11.4. The molecule has 2 fully saturated rings. The van der Waals surface area contributed by atoms with E-state index in [1.807, 2.05) is 0 Å². The average molecular weight is 140 g/mol. The average Bonchev–Trinajstić information content (AvgIpc) is 2.20. The number of carbonyl (C=O) groups is 1. The van der Waals surface area contributed by atoms with E-state index < -0.39 is 0 Å². The molecule has 2 bridgehead atoms. The van der Waals surface area contributed by atoms with Gasteiger partial charge in [0.25, 0.3) is 0 Å². The summed E-state index contributed by atoms with van der Waals surface area (Å²) in [4.78, 5) is 11.2. The third-order valence-electron chi connectivity index (χ3n) is 2.77. The van der Waals surface area contributed by atoms with Gasteiger partial charge in [0, 0.05) is 23.9 Å². The smallest absolute Gasteiger partial charge is 0.142 e. The van der Waals surface area contributed by atoms with Gasteiger partial charge in [0.15, 0.2) is 0 Å². The second-order valence-corrected chi connectivity index (χ2v) is 3.42. The summed E-state index contributed by atoms with van der Waals surface area (Å²) in [6.07, 6.45) is 1.74. The number of hydrogen-bond acceptors (Lipinski definition) is 3. The fraction of sp³-hybridized carbons (Fsp3) is 0.857. The number of hydrogen-bond donors (Lipinski definition) is 2. The molecule has 0 aromatic heterocycles. The Balaban J connectivity index is 2.27. The molecule has 2 atom stereocenters. The van der Waals surface area contributed by atoms with E-state index in [0.717, 1.165) is 12.8 Å². The first-order valence-corrected chi connectivity index (χ1v) is 3.75. The summed E-state index contributed by atoms with van der Waals surface area (Å²) < 4.78 is 0. The summed E-state index contributed by atoms with van der Waals surface area (Å²) >= 11 is 0. The fourth-order valence-corrected chi connectivity index (χ4v) is 2.29. The normalized spacial score (nSPS) is 52.4. The molecular weight excluding hydrogens is 128 g/mol. The molecule has 0 saturated heterocycles. The lowest BCUT2D eigenvalue weighted by atomic mass is 9.92. The van der Waals surface area contributed by atoms with Crippen molar-refractivity contribution in [1.82, 2.24) is 0 Å². The van der Waals surface area contributed by atoms with E-state index in [1.54, 1.807) is 0 Å². The molecule has 0 amide bonds. The van der Waals surface area contributed by atoms with Gasteiger partial charge in [-0.15, -0.1) is 0 Å². The predicted octanol–water partition coefficient (Wildman–Crippen LogP) is -0.750. The van der Waals surface area contributed by atoms with Crippen LogP contribution in [0.5, 0.6) is 0 Å². The molecule has 4 N–H and O–H groups in total. The Morgan fingerprint density at radius 3 is 1.90 bits per heavy atom. The standard InChI is InChI=1S/C7H12N2O/c8-4-1-3-2-5(9)6(4)7(3)10/h3-6H,1-2,8-9H2. The van der Waals surface area contributed by atoms with Crippen LogP contribution in [0.4, 0.5) is 0 Å². The van der Waals surface area contributed by atoms with Crippen LogP contribution >= 0.6 is 0 Å². The van der Waals surface area contributed by atoms with Crippen LogP contribution in [-0.2, 0) is 4.79 Å². The fourth-order valence-electron chi connectivity index (χ4n) is 2.29. The van der Waals surface area contributed by atoms with Crippen LogP contribution in [-0.4, -0.2) is 17.9 Å². The lowest BCUT2D eigenvalue weighted by Crippen LogP contribution is -2.41. The van der Waals surface area contributed by atoms with Gasteiger partial charge in [0.1, 0.15) is 5.78 Å². The van der Waals surface area contributed by atoms with Crippen LogP contribution in [0.25, 0.3) is 0 Å². The van der Waals surface area contributed by atoms with Crippen LogP contribution in [0.15, 0.2) is 0 Å². The van der Waals surface area contributed by atoms with E-state index in [9.17, 15) is 4.79 Å². The van der Waals surface area contributed by atoms with Crippen molar-refractivity contribution in [3.8, 4) is 0 Å². The van der Waals surface area contributed by atoms with Crippen molar-refractivity contribution in [2.75, 3.05) is 0 Å². The van der Waals surface area contributed by atoms with E-state index >= 15 is 0 Å². The monoisotopic (exact) mass is 140 g/mol. The molecule has 0 aromatic carbocycles. The molecule has 2 unspecified atom stereocenters. The first-order valence-electron chi connectivity index (χ1n) is 3.75. The van der Waals surface area contributed by atoms with Crippen molar-refractivity contribution in [2.24, 2.45) is 23.3 Å². The van der Waals surface area contributed by atoms with Gasteiger partial charge in [-0.05, 0) is 12.8 Å². The number of rotatable bonds is 0. The van der Waals surface area contributed by atoms with E-state index in [4.69, 9.17) is 11.5 Å². The zero-order valence-electron chi connectivity index (χ0n) is 5.79. The molecular formula is C7H12N2O. The minimum Gasteiger partial charge on any atom is -0.327 e. The Morgan fingerprint density at radius 1 is 1.20 bits per heavy atom. The Morgan fingerprint density at radius 2 is 1.70 bits per heavy atom. The molecule has 2 saturated carbocycles. The second-order valence-electron chi connectivity index (χ2n) is 3.42. The highest BCUT2D eigenvalue weighted by Gasteiger charge is 2.50. The zero-order valence-corrected chi connectivity index (χ0v) is 5.79. The quantitative estimate of drug-likeness (QED) is 0.465. The van der Waals surface area contributed by atoms with E-state index in [2.05, 4.69) is 0 Å². The van der Waals surface area contributed by atoms with E-state index in [0.29, 0.717) is 5.78 Å². The highest BCUT2D eigenvalue weighted by molar-refractivity contribution is 5.89. The lowest BCUT2D eigenvalue weighted by Gasteiger charge is -2.20. The molecule has 3 heteroatoms. The number of ketones is 1. The van der Waals surface area contributed by atoms with Crippen molar-refractivity contribution in [1.29, 1.82) is 0 Å². The summed E-state index contributed by atoms with van der Waals surface area (Å²) in [7, 11) is 0. The maximum atomic E-state index is 11.2. The van der Waals surface area contributed by atoms with Crippen LogP contribution < -0.4 is 11.5 Å². The van der Waals surface area contributed by atoms with Crippen molar-refractivity contribution >= 4 is 5.78 Å². The first kappa shape index (κ1) is 6.31. The van der Waals surface area contributed by atoms with Crippen molar-refractivity contribution in [3.05, 3.63) is 0 Å². The summed E-state index contributed by atoms with van der Waals surface area (Å²) in [5.74, 6) is 0.514. The SMILES string of the molecule is NC1CC2CC(N)C1C2=O. The second kappa shape index (κ2) is 1.80. The lowest BCUT2D eigenvalue weighted by molar-refractivity contribution is -0.121. The molecule has 2 aliphatic rings. The van der Waals surface area contributed by atoms with Gasteiger partial charge in [-0.25, -0.2) is 0 Å². The Labute approximate surface area is 59.8 Å². The van der Waals surface area contributed by atoms with E-state index in [1.165, 1.54) is 0 Å². The molecule has 2 rings (SSSR count). The molecule has 0 heterocycles. The summed E-state index contributed by atoms with van der Waals surface area (Å²) in [6.45, 7) is 0. The number of Topliss-reactive ketones (excluding diaryl/α,β-unsaturated/α-hetero) is 1. The van der Waals surface area contributed by atoms with Crippen molar-refractivity contribution in [2.45, 2.75) is 24.9 Å². The Kier molecular flexibility index (Phi) is 1.13. The van der Waals surface area contributed by atoms with Gasteiger partial charge in [0.05, 0.1) is 0 Å². The number of nitrogens with two attached hydrogens (primary N) is 2. The maximum absolute atomic E-state index is 11.2. The molecule has 2 aliphatic carbocycles. The first-order chi connectivity index (χ1) is 4.70. The van der Waals surface area contributed by atoms with Crippen LogP contribution in [0, 0.1) is 11.8 Å². The van der Waals surface area contributed by atoms with E-state index in [-0.39, 0.29) is 23.9 Å². The molecule has 3 nitrogen and oxygen atoms in total. The van der Waals surface area contributed by atoms with Gasteiger partial charge in [-0.3, -0.25) is 4.79 Å². The van der Waals surface area contributed by atoms with Crippen molar-refractivity contribution < 1.29 is 4.79 Å². The van der Waals surface area contributed by atoms with Gasteiger partial charge in [-0.1, -0.05) is 0 Å². The molecule has 0 aromatic rings. The maximum Gasteiger partial charge on any atom is 0.142 e. The summed E-state index contributed by atoms with van der Waals surface area (Å²) in [5, 5.41) is 0. The number of fused-ring (bicyclic) bond motifs is 2. The summed E-state index contributed by atoms with van der Waals surface area (Å²) in [6, 6.07) is 0.113. The zero-order chi connectivity index (χ0) is 7.30. The molecule has 56 valence electrons. The van der Waals surface area contributed by atoms with Crippen LogP contribution in [0.3, 0.4) is 0 Å². The predicted molar refractivity (Wildman–Crippen MR) is 37.2 cm³/mol. The third kappa shape index (κ3) is 0.592. The van der Waals surface area contributed by atoms with Crippen LogP contribution in [0.1, 0.15) is 12.8 Å². The van der Waals surface area contributed by atoms with Gasteiger partial charge in [-0.2, -0.15) is 0 Å². The van der Waals surface area contributed by atoms with Crippen LogP contribution in [0.2, 0.25) is 0 Å². The highest BCUT2D eigenvalue weighted by Crippen LogP contribution is 2.39. The Bertz CT molecular complexity index is 168. The highest BCUT2D eigenvalue weighted by atomic mass is 16.1. The minimum atomic E-state index is -0.00926.